The minimum absolute atomic E-state index is 0.0168. The number of carboxylic acid groups (broad SMARTS) is 1. The van der Waals surface area contributed by atoms with E-state index in [-0.39, 0.29) is 25.0 Å². The van der Waals surface area contributed by atoms with Gasteiger partial charge in [-0.3, -0.25) is 4.79 Å². The van der Waals surface area contributed by atoms with Crippen molar-refractivity contribution in [3.63, 3.8) is 0 Å². The zero-order valence-corrected chi connectivity index (χ0v) is 19.6. The Labute approximate surface area is 194 Å². The van der Waals surface area contributed by atoms with Crippen molar-refractivity contribution in [2.24, 2.45) is 5.41 Å². The summed E-state index contributed by atoms with van der Waals surface area (Å²) in [5.41, 5.74) is 3.79. The molecule has 2 aromatic rings. The van der Waals surface area contributed by atoms with Crippen LogP contribution in [0.4, 0.5) is 4.79 Å². The zero-order chi connectivity index (χ0) is 24.2. The molecule has 0 fully saturated rings. The number of aliphatic carboxylic acids is 1. The molecular weight excluding hydrogens is 420 g/mol. The zero-order valence-electron chi connectivity index (χ0n) is 19.6. The van der Waals surface area contributed by atoms with Crippen LogP contribution in [0.25, 0.3) is 11.1 Å². The SMILES string of the molecule is CCC(C(=O)O)N(C)C(=O)C(C)(C)CCNC(=O)OCC1c2ccccc2-c2ccccc21. The predicted octanol–water partition coefficient (Wildman–Crippen LogP) is 4.26. The van der Waals surface area contributed by atoms with Gasteiger partial charge in [-0.25, -0.2) is 9.59 Å². The summed E-state index contributed by atoms with van der Waals surface area (Å²) in [7, 11) is 1.51. The van der Waals surface area contributed by atoms with Gasteiger partial charge in [-0.2, -0.15) is 0 Å². The lowest BCUT2D eigenvalue weighted by Gasteiger charge is -2.32. The first-order valence-electron chi connectivity index (χ1n) is 11.3. The van der Waals surface area contributed by atoms with Crippen LogP contribution in [0.3, 0.4) is 0 Å². The lowest BCUT2D eigenvalue weighted by atomic mass is 9.87. The van der Waals surface area contributed by atoms with Crippen LogP contribution in [0.1, 0.15) is 50.7 Å². The molecule has 2 N–H and O–H groups in total. The summed E-state index contributed by atoms with van der Waals surface area (Å²) in [6, 6.07) is 15.4. The second-order valence-corrected chi connectivity index (χ2v) is 9.06. The Kier molecular flexibility index (Phi) is 7.41. The molecular formula is C26H32N2O5. The molecule has 3 rings (SSSR count). The maximum absolute atomic E-state index is 12.8. The number of alkyl carbamates (subject to hydrolysis) is 1. The number of likely N-dealkylation sites (N-methyl/N-ethyl adjacent to an activating group) is 1. The van der Waals surface area contributed by atoms with E-state index < -0.39 is 23.5 Å². The number of nitrogens with one attached hydrogen (secondary N) is 1. The smallest absolute Gasteiger partial charge is 0.407 e. The van der Waals surface area contributed by atoms with Crippen molar-refractivity contribution in [2.45, 2.75) is 45.6 Å². The highest BCUT2D eigenvalue weighted by Gasteiger charge is 2.35. The highest BCUT2D eigenvalue weighted by molar-refractivity contribution is 5.87. The first-order chi connectivity index (χ1) is 15.7. The van der Waals surface area contributed by atoms with E-state index in [1.165, 1.54) is 23.1 Å². The molecule has 0 saturated heterocycles. The molecule has 1 aliphatic rings. The summed E-state index contributed by atoms with van der Waals surface area (Å²) in [5, 5.41) is 12.0. The van der Waals surface area contributed by atoms with Crippen molar-refractivity contribution in [1.29, 1.82) is 0 Å². The van der Waals surface area contributed by atoms with Crippen LogP contribution >= 0.6 is 0 Å². The molecule has 0 spiro atoms. The third-order valence-electron chi connectivity index (χ3n) is 6.40. The lowest BCUT2D eigenvalue weighted by Crippen LogP contribution is -2.48. The number of carbonyl (C=O) groups is 3. The Morgan fingerprint density at radius 2 is 1.61 bits per heavy atom. The van der Waals surface area contributed by atoms with E-state index in [0.29, 0.717) is 12.8 Å². The molecule has 33 heavy (non-hydrogen) atoms. The third-order valence-corrected chi connectivity index (χ3v) is 6.40. The van der Waals surface area contributed by atoms with Gasteiger partial charge in [0.25, 0.3) is 0 Å². The summed E-state index contributed by atoms with van der Waals surface area (Å²) in [6.45, 7) is 5.70. The molecule has 0 aromatic heterocycles. The van der Waals surface area contributed by atoms with E-state index >= 15 is 0 Å². The number of carboxylic acids is 1. The van der Waals surface area contributed by atoms with Crippen LogP contribution in [0, 0.1) is 5.41 Å². The van der Waals surface area contributed by atoms with Gasteiger partial charge in [0.1, 0.15) is 12.6 Å². The molecule has 1 aliphatic carbocycles. The summed E-state index contributed by atoms with van der Waals surface area (Å²) < 4.78 is 5.53. The lowest BCUT2D eigenvalue weighted by molar-refractivity contribution is -0.153. The Morgan fingerprint density at radius 3 is 2.12 bits per heavy atom. The highest BCUT2D eigenvalue weighted by Crippen LogP contribution is 2.44. The second kappa shape index (κ2) is 10.1. The van der Waals surface area contributed by atoms with E-state index in [0.717, 1.165) is 11.1 Å². The fraction of sp³-hybridized carbons (Fsp3) is 0.423. The summed E-state index contributed by atoms with van der Waals surface area (Å²) in [5.74, 6) is -1.32. The normalized spacial score (nSPS) is 13.6. The average molecular weight is 453 g/mol. The molecule has 1 unspecified atom stereocenters. The van der Waals surface area contributed by atoms with E-state index in [1.807, 2.05) is 24.3 Å². The molecule has 2 amide bonds. The predicted molar refractivity (Wildman–Crippen MR) is 126 cm³/mol. The monoisotopic (exact) mass is 452 g/mol. The van der Waals surface area contributed by atoms with Crippen LogP contribution < -0.4 is 5.32 Å². The van der Waals surface area contributed by atoms with E-state index in [1.54, 1.807) is 20.8 Å². The number of rotatable bonds is 9. The van der Waals surface area contributed by atoms with Gasteiger partial charge in [-0.15, -0.1) is 0 Å². The Morgan fingerprint density at radius 1 is 1.06 bits per heavy atom. The van der Waals surface area contributed by atoms with Crippen molar-refractivity contribution < 1.29 is 24.2 Å². The van der Waals surface area contributed by atoms with Crippen LogP contribution in [0.15, 0.2) is 48.5 Å². The average Bonchev–Trinajstić information content (AvgIpc) is 3.11. The first-order valence-corrected chi connectivity index (χ1v) is 11.3. The topological polar surface area (TPSA) is 95.9 Å². The van der Waals surface area contributed by atoms with Gasteiger partial charge >= 0.3 is 12.1 Å². The Balaban J connectivity index is 1.53. The quantitative estimate of drug-likeness (QED) is 0.593. The molecule has 0 heterocycles. The number of benzene rings is 2. The van der Waals surface area contributed by atoms with Gasteiger partial charge in [-0.1, -0.05) is 69.3 Å². The van der Waals surface area contributed by atoms with Gasteiger partial charge in [0.05, 0.1) is 0 Å². The van der Waals surface area contributed by atoms with Gasteiger partial charge in [-0.05, 0) is 35.1 Å². The molecule has 0 aliphatic heterocycles. The fourth-order valence-electron chi connectivity index (χ4n) is 4.47. The number of carbonyl (C=O) groups excluding carboxylic acids is 2. The summed E-state index contributed by atoms with van der Waals surface area (Å²) in [6.07, 6.45) is 0.146. The molecule has 7 nitrogen and oxygen atoms in total. The summed E-state index contributed by atoms with van der Waals surface area (Å²) >= 11 is 0. The van der Waals surface area contributed by atoms with Crippen molar-refractivity contribution in [1.82, 2.24) is 10.2 Å². The summed E-state index contributed by atoms with van der Waals surface area (Å²) in [4.78, 5) is 37.8. The van der Waals surface area contributed by atoms with Crippen LogP contribution in [0.5, 0.6) is 0 Å². The van der Waals surface area contributed by atoms with Crippen LogP contribution in [-0.4, -0.2) is 54.2 Å². The fourth-order valence-corrected chi connectivity index (χ4v) is 4.47. The van der Waals surface area contributed by atoms with Gasteiger partial charge in [0.2, 0.25) is 5.91 Å². The van der Waals surface area contributed by atoms with E-state index in [4.69, 9.17) is 4.74 Å². The Bertz CT molecular complexity index is 987. The van der Waals surface area contributed by atoms with E-state index in [2.05, 4.69) is 29.6 Å². The van der Waals surface area contributed by atoms with Crippen molar-refractivity contribution in [3.05, 3.63) is 59.7 Å². The standard InChI is InChI=1S/C26H32N2O5/c1-5-22(23(29)30)28(4)24(31)26(2,3)14-15-27-25(32)33-16-21-19-12-8-6-10-17(19)18-11-7-9-13-20(18)21/h6-13,21-22H,5,14-16H2,1-4H3,(H,27,32)(H,29,30). The minimum atomic E-state index is -1.03. The first kappa shape index (κ1) is 24.3. The van der Waals surface area contributed by atoms with Gasteiger partial charge < -0.3 is 20.1 Å². The van der Waals surface area contributed by atoms with E-state index in [9.17, 15) is 19.5 Å². The molecule has 0 bridgehead atoms. The molecule has 0 radical (unpaired) electrons. The maximum atomic E-state index is 12.8. The molecule has 1 atom stereocenters. The van der Waals surface area contributed by atoms with Crippen molar-refractivity contribution in [3.8, 4) is 11.1 Å². The minimum Gasteiger partial charge on any atom is -0.480 e. The highest BCUT2D eigenvalue weighted by atomic mass is 16.5. The van der Waals surface area contributed by atoms with Gasteiger partial charge in [0.15, 0.2) is 0 Å². The van der Waals surface area contributed by atoms with Gasteiger partial charge in [0, 0.05) is 24.9 Å². The molecule has 176 valence electrons. The van der Waals surface area contributed by atoms with Crippen LogP contribution in [0.2, 0.25) is 0 Å². The largest absolute Gasteiger partial charge is 0.480 e. The number of amides is 2. The number of fused-ring (bicyclic) bond motifs is 3. The second-order valence-electron chi connectivity index (χ2n) is 9.06. The third kappa shape index (κ3) is 5.18. The van der Waals surface area contributed by atoms with Crippen molar-refractivity contribution in [2.75, 3.05) is 20.2 Å². The number of nitrogens with zero attached hydrogens (tertiary/aromatic N) is 1. The maximum Gasteiger partial charge on any atom is 0.407 e. The number of hydrogen-bond donors (Lipinski definition) is 2. The molecule has 2 aromatic carbocycles. The Hall–Kier alpha value is -3.35. The molecule has 7 heteroatoms. The van der Waals surface area contributed by atoms with Crippen LogP contribution in [-0.2, 0) is 14.3 Å². The molecule has 0 saturated carbocycles. The van der Waals surface area contributed by atoms with Crippen molar-refractivity contribution >= 4 is 18.0 Å². The number of hydrogen-bond acceptors (Lipinski definition) is 4. The number of ether oxygens (including phenoxy) is 1.